The molecule has 0 aliphatic carbocycles. The van der Waals surface area contributed by atoms with Gasteiger partial charge in [-0.2, -0.15) is 0 Å². The molecular weight excluding hydrogens is 324 g/mol. The van der Waals surface area contributed by atoms with E-state index in [1.807, 2.05) is 12.1 Å². The second-order valence-electron chi connectivity index (χ2n) is 6.35. The fourth-order valence-corrected chi connectivity index (χ4v) is 3.69. The van der Waals surface area contributed by atoms with Crippen LogP contribution in [0.15, 0.2) is 34.4 Å². The summed E-state index contributed by atoms with van der Waals surface area (Å²) in [4.78, 5) is 11.4. The molecule has 5 nitrogen and oxygen atoms in total. The van der Waals surface area contributed by atoms with Crippen LogP contribution < -0.4 is 14.9 Å². The van der Waals surface area contributed by atoms with E-state index in [-0.39, 0.29) is 16.9 Å². The van der Waals surface area contributed by atoms with E-state index in [4.69, 9.17) is 4.74 Å². The Morgan fingerprint density at radius 3 is 3.08 bits per heavy atom. The van der Waals surface area contributed by atoms with Crippen LogP contribution in [0.3, 0.4) is 0 Å². The van der Waals surface area contributed by atoms with Crippen LogP contribution in [0.5, 0.6) is 11.6 Å². The summed E-state index contributed by atoms with van der Waals surface area (Å²) in [5.74, 6) is 1.08. The van der Waals surface area contributed by atoms with E-state index in [1.165, 1.54) is 15.5 Å². The lowest BCUT2D eigenvalue weighted by Crippen LogP contribution is -2.38. The number of nitrogens with one attached hydrogen (secondary N) is 1. The highest BCUT2D eigenvalue weighted by Gasteiger charge is 2.19. The highest BCUT2D eigenvalue weighted by Crippen LogP contribution is 2.26. The average molecular weight is 348 g/mol. The summed E-state index contributed by atoms with van der Waals surface area (Å²) in [5.41, 5.74) is 1.29. The monoisotopic (exact) mass is 348 g/mol. The van der Waals surface area contributed by atoms with Gasteiger partial charge in [0.1, 0.15) is 11.9 Å². The number of hydrogen-bond acceptors (Lipinski definition) is 5. The molecule has 1 aliphatic heterocycles. The van der Waals surface area contributed by atoms with Gasteiger partial charge in [-0.3, -0.25) is 9.36 Å². The van der Waals surface area contributed by atoms with Crippen molar-refractivity contribution in [3.05, 3.63) is 44.9 Å². The van der Waals surface area contributed by atoms with Crippen molar-refractivity contribution in [1.82, 2.24) is 9.88 Å². The molecule has 0 radical (unpaired) electrons. The third-order valence-corrected chi connectivity index (χ3v) is 5.23. The van der Waals surface area contributed by atoms with Crippen LogP contribution in [0.2, 0.25) is 0 Å². The normalized spacial score (nSPS) is 18.0. The topological polar surface area (TPSA) is 63.5 Å². The van der Waals surface area contributed by atoms with Crippen molar-refractivity contribution in [2.24, 2.45) is 0 Å². The number of ether oxygens (including phenoxy) is 1. The SMILES string of the molecule is CC(CCCn1c(O)csc1=O)NCC1CCc2ccccc2O1. The van der Waals surface area contributed by atoms with E-state index in [9.17, 15) is 9.90 Å². The van der Waals surface area contributed by atoms with Crippen molar-refractivity contribution < 1.29 is 9.84 Å². The zero-order valence-electron chi connectivity index (χ0n) is 13.9. The highest BCUT2D eigenvalue weighted by atomic mass is 32.1. The summed E-state index contributed by atoms with van der Waals surface area (Å²) in [6, 6.07) is 8.58. The number of aromatic hydroxyl groups is 1. The minimum Gasteiger partial charge on any atom is -0.494 e. The van der Waals surface area contributed by atoms with Crippen LogP contribution in [0.25, 0.3) is 0 Å². The predicted octanol–water partition coefficient (Wildman–Crippen LogP) is 2.77. The second-order valence-corrected chi connectivity index (χ2v) is 7.17. The van der Waals surface area contributed by atoms with E-state index in [0.717, 1.165) is 49.3 Å². The van der Waals surface area contributed by atoms with Gasteiger partial charge in [-0.05, 0) is 44.2 Å². The Kier molecular flexibility index (Phi) is 5.58. The number of para-hydroxylation sites is 1. The van der Waals surface area contributed by atoms with Crippen molar-refractivity contribution >= 4 is 11.3 Å². The molecule has 1 aromatic carbocycles. The summed E-state index contributed by atoms with van der Waals surface area (Å²) in [6.07, 6.45) is 4.12. The molecular formula is C18H24N2O3S. The number of rotatable bonds is 7. The Morgan fingerprint density at radius 2 is 2.29 bits per heavy atom. The molecule has 0 bridgehead atoms. The molecule has 0 saturated heterocycles. The Balaban J connectivity index is 1.39. The molecule has 1 aromatic heterocycles. The fraction of sp³-hybridized carbons (Fsp3) is 0.500. The number of aryl methyl sites for hydroxylation is 1. The molecule has 1 aliphatic rings. The van der Waals surface area contributed by atoms with Crippen LogP contribution in [-0.2, 0) is 13.0 Å². The van der Waals surface area contributed by atoms with Crippen LogP contribution in [0.1, 0.15) is 31.7 Å². The van der Waals surface area contributed by atoms with Gasteiger partial charge in [-0.15, -0.1) is 0 Å². The molecule has 2 heterocycles. The molecule has 130 valence electrons. The van der Waals surface area contributed by atoms with Gasteiger partial charge < -0.3 is 15.2 Å². The van der Waals surface area contributed by atoms with E-state index < -0.39 is 0 Å². The molecule has 2 unspecified atom stereocenters. The lowest BCUT2D eigenvalue weighted by molar-refractivity contribution is 0.166. The molecule has 0 amide bonds. The number of benzene rings is 1. The summed E-state index contributed by atoms with van der Waals surface area (Å²) in [7, 11) is 0. The lowest BCUT2D eigenvalue weighted by atomic mass is 10.0. The van der Waals surface area contributed by atoms with Crippen LogP contribution in [0.4, 0.5) is 0 Å². The maximum atomic E-state index is 11.5. The largest absolute Gasteiger partial charge is 0.494 e. The number of thiazole rings is 1. The van der Waals surface area contributed by atoms with Crippen molar-refractivity contribution in [1.29, 1.82) is 0 Å². The summed E-state index contributed by atoms with van der Waals surface area (Å²) < 4.78 is 7.47. The Morgan fingerprint density at radius 1 is 1.46 bits per heavy atom. The first-order valence-electron chi connectivity index (χ1n) is 8.48. The van der Waals surface area contributed by atoms with Gasteiger partial charge >= 0.3 is 4.87 Å². The third-order valence-electron chi connectivity index (χ3n) is 4.48. The maximum Gasteiger partial charge on any atom is 0.309 e. The van der Waals surface area contributed by atoms with Gasteiger partial charge in [0.15, 0.2) is 0 Å². The number of fused-ring (bicyclic) bond motifs is 1. The first-order valence-corrected chi connectivity index (χ1v) is 9.36. The summed E-state index contributed by atoms with van der Waals surface area (Å²) in [5, 5.41) is 14.6. The van der Waals surface area contributed by atoms with Crippen molar-refractivity contribution in [3.8, 4) is 11.6 Å². The molecule has 0 fully saturated rings. The first-order chi connectivity index (χ1) is 11.6. The number of nitrogens with zero attached hydrogens (tertiary/aromatic N) is 1. The molecule has 2 N–H and O–H groups in total. The maximum absolute atomic E-state index is 11.5. The Labute approximate surface area is 145 Å². The Hall–Kier alpha value is -1.79. The zero-order chi connectivity index (χ0) is 16.9. The smallest absolute Gasteiger partial charge is 0.309 e. The Bertz CT molecular complexity index is 725. The van der Waals surface area contributed by atoms with Gasteiger partial charge in [0.05, 0.1) is 5.38 Å². The average Bonchev–Trinajstić information content (AvgIpc) is 2.91. The van der Waals surface area contributed by atoms with Crippen LogP contribution >= 0.6 is 11.3 Å². The molecule has 0 spiro atoms. The fourth-order valence-electron chi connectivity index (χ4n) is 3.04. The third kappa shape index (κ3) is 4.19. The standard InChI is InChI=1S/C18H24N2O3S/c1-13(5-4-10-20-17(21)12-24-18(20)22)19-11-15-9-8-14-6-2-3-7-16(14)23-15/h2-3,6-7,12-13,15,19,21H,4-5,8-11H2,1H3. The minimum absolute atomic E-state index is 0.0693. The van der Waals surface area contributed by atoms with Gasteiger partial charge in [0.25, 0.3) is 0 Å². The van der Waals surface area contributed by atoms with E-state index in [1.54, 1.807) is 0 Å². The molecule has 0 saturated carbocycles. The van der Waals surface area contributed by atoms with Gasteiger partial charge in [-0.1, -0.05) is 29.5 Å². The van der Waals surface area contributed by atoms with E-state index >= 15 is 0 Å². The molecule has 2 atom stereocenters. The van der Waals surface area contributed by atoms with Gasteiger partial charge in [-0.25, -0.2) is 0 Å². The quantitative estimate of drug-likeness (QED) is 0.808. The highest BCUT2D eigenvalue weighted by molar-refractivity contribution is 7.07. The number of hydrogen-bond donors (Lipinski definition) is 2. The second kappa shape index (κ2) is 7.85. The van der Waals surface area contributed by atoms with Crippen LogP contribution in [0, 0.1) is 0 Å². The summed E-state index contributed by atoms with van der Waals surface area (Å²) in [6.45, 7) is 3.54. The molecule has 3 rings (SSSR count). The number of aromatic nitrogens is 1. The predicted molar refractivity (Wildman–Crippen MR) is 96.1 cm³/mol. The molecule has 2 aromatic rings. The van der Waals surface area contributed by atoms with Crippen molar-refractivity contribution in [2.45, 2.75) is 51.3 Å². The van der Waals surface area contributed by atoms with Gasteiger partial charge in [0.2, 0.25) is 5.88 Å². The first kappa shape index (κ1) is 17.0. The van der Waals surface area contributed by atoms with E-state index in [0.29, 0.717) is 12.6 Å². The lowest BCUT2D eigenvalue weighted by Gasteiger charge is -2.27. The van der Waals surface area contributed by atoms with Crippen molar-refractivity contribution in [2.75, 3.05) is 6.54 Å². The molecule has 24 heavy (non-hydrogen) atoms. The van der Waals surface area contributed by atoms with Gasteiger partial charge in [0, 0.05) is 19.1 Å². The van der Waals surface area contributed by atoms with Crippen LogP contribution in [-0.4, -0.2) is 28.4 Å². The van der Waals surface area contributed by atoms with Crippen molar-refractivity contribution in [3.63, 3.8) is 0 Å². The summed E-state index contributed by atoms with van der Waals surface area (Å²) >= 11 is 1.04. The minimum atomic E-state index is -0.0950. The zero-order valence-corrected chi connectivity index (χ0v) is 14.7. The van der Waals surface area contributed by atoms with E-state index in [2.05, 4.69) is 24.4 Å². The molecule has 6 heteroatoms.